The summed E-state index contributed by atoms with van der Waals surface area (Å²) < 4.78 is 5.57. The van der Waals surface area contributed by atoms with Crippen LogP contribution in [-0.2, 0) is 14.3 Å². The van der Waals surface area contributed by atoms with Crippen LogP contribution < -0.4 is 0 Å². The molecule has 26 heavy (non-hydrogen) atoms. The smallest absolute Gasteiger partial charge is 0.319 e. The zero-order chi connectivity index (χ0) is 18.7. The fraction of sp³-hybridized carbons (Fsp3) is 0.905. The van der Waals surface area contributed by atoms with Crippen LogP contribution in [0, 0.1) is 34.5 Å². The maximum atomic E-state index is 12.0. The lowest BCUT2D eigenvalue weighted by molar-refractivity contribution is -0.265. The van der Waals surface area contributed by atoms with Crippen LogP contribution in [0.5, 0.6) is 0 Å². The second kappa shape index (κ2) is 6.30. The number of fused-ring (bicyclic) bond motifs is 5. The van der Waals surface area contributed by atoms with E-state index in [1.165, 1.54) is 0 Å². The van der Waals surface area contributed by atoms with Gasteiger partial charge in [-0.25, -0.2) is 0 Å². The first-order valence-corrected chi connectivity index (χ1v) is 11.4. The van der Waals surface area contributed by atoms with Crippen molar-refractivity contribution in [2.45, 2.75) is 77.4 Å². The number of carbonyl (C=O) groups is 2. The average molecular weight is 427 g/mol. The lowest BCUT2D eigenvalue weighted by Gasteiger charge is -2.60. The molecular formula is C21H31BrO4. The van der Waals surface area contributed by atoms with E-state index in [1.54, 1.807) is 0 Å². The van der Waals surface area contributed by atoms with Crippen LogP contribution in [0.4, 0.5) is 0 Å². The summed E-state index contributed by atoms with van der Waals surface area (Å²) in [6.45, 7) is 4.57. The number of rotatable bonds is 2. The van der Waals surface area contributed by atoms with Crippen LogP contribution in [0.3, 0.4) is 0 Å². The van der Waals surface area contributed by atoms with E-state index < -0.39 is 5.79 Å². The Balaban J connectivity index is 1.60. The van der Waals surface area contributed by atoms with Gasteiger partial charge in [-0.15, -0.1) is 0 Å². The van der Waals surface area contributed by atoms with E-state index >= 15 is 0 Å². The van der Waals surface area contributed by atoms with Crippen molar-refractivity contribution in [2.24, 2.45) is 34.5 Å². The minimum absolute atomic E-state index is 0.121. The highest BCUT2D eigenvalue weighted by Crippen LogP contribution is 2.68. The van der Waals surface area contributed by atoms with Gasteiger partial charge in [0.05, 0.1) is 0 Å². The molecule has 4 aliphatic rings. The first-order valence-electron chi connectivity index (χ1n) is 10.3. The molecule has 0 aromatic heterocycles. The largest absolute Gasteiger partial charge is 0.432 e. The summed E-state index contributed by atoms with van der Waals surface area (Å²) in [6, 6.07) is 0. The molecule has 0 heterocycles. The number of carbonyl (C=O) groups excluding carboxylic acids is 2. The maximum absolute atomic E-state index is 12.0. The molecule has 4 saturated carbocycles. The fourth-order valence-corrected chi connectivity index (χ4v) is 7.52. The number of ether oxygens (including phenoxy) is 1. The van der Waals surface area contributed by atoms with Gasteiger partial charge in [-0.3, -0.25) is 9.59 Å². The minimum Gasteiger partial charge on any atom is -0.432 e. The molecule has 146 valence electrons. The number of esters is 1. The summed E-state index contributed by atoms with van der Waals surface area (Å²) >= 11 is 3.14. The Bertz CT molecular complexity index is 621. The van der Waals surface area contributed by atoms with Crippen LogP contribution >= 0.6 is 15.9 Å². The summed E-state index contributed by atoms with van der Waals surface area (Å²) in [5, 5.41) is 11.4. The topological polar surface area (TPSA) is 63.6 Å². The van der Waals surface area contributed by atoms with E-state index in [0.29, 0.717) is 35.9 Å². The third-order valence-electron chi connectivity index (χ3n) is 8.95. The van der Waals surface area contributed by atoms with E-state index in [2.05, 4.69) is 29.8 Å². The first kappa shape index (κ1) is 18.9. The maximum Gasteiger partial charge on any atom is 0.319 e. The molecule has 0 aliphatic heterocycles. The van der Waals surface area contributed by atoms with Gasteiger partial charge in [0.15, 0.2) is 0 Å². The number of alkyl halides is 1. The van der Waals surface area contributed by atoms with Crippen molar-refractivity contribution < 1.29 is 19.4 Å². The Labute approximate surface area is 164 Å². The van der Waals surface area contributed by atoms with Crippen molar-refractivity contribution in [1.29, 1.82) is 0 Å². The second-order valence-corrected chi connectivity index (χ2v) is 10.3. The van der Waals surface area contributed by atoms with Crippen molar-refractivity contribution in [3.63, 3.8) is 0 Å². The highest BCUT2D eigenvalue weighted by atomic mass is 79.9. The van der Waals surface area contributed by atoms with Gasteiger partial charge in [-0.1, -0.05) is 29.8 Å². The molecule has 4 rings (SSSR count). The minimum atomic E-state index is -1.33. The van der Waals surface area contributed by atoms with Crippen LogP contribution in [0.25, 0.3) is 0 Å². The quantitative estimate of drug-likeness (QED) is 0.407. The lowest BCUT2D eigenvalue weighted by Crippen LogP contribution is -2.57. The highest BCUT2D eigenvalue weighted by molar-refractivity contribution is 9.09. The Kier molecular flexibility index (Phi) is 4.58. The van der Waals surface area contributed by atoms with E-state index in [4.69, 9.17) is 4.74 Å². The molecule has 4 nitrogen and oxygen atoms in total. The van der Waals surface area contributed by atoms with Gasteiger partial charge in [0.2, 0.25) is 5.79 Å². The summed E-state index contributed by atoms with van der Waals surface area (Å²) in [5.74, 6) is 0.919. The third kappa shape index (κ3) is 2.56. The number of halogens is 1. The molecule has 0 saturated heterocycles. The summed E-state index contributed by atoms with van der Waals surface area (Å²) in [5.41, 5.74) is -0.0783. The lowest BCUT2D eigenvalue weighted by atomic mass is 9.45. The molecule has 0 amide bonds. The molecule has 0 bridgehead atoms. The Morgan fingerprint density at radius 2 is 1.88 bits per heavy atom. The molecule has 4 fully saturated rings. The van der Waals surface area contributed by atoms with Crippen molar-refractivity contribution in [3.8, 4) is 0 Å². The van der Waals surface area contributed by atoms with Gasteiger partial charge in [-0.05, 0) is 67.6 Å². The number of ketones is 1. The number of aliphatic hydroxyl groups is 1. The van der Waals surface area contributed by atoms with E-state index in [-0.39, 0.29) is 22.1 Å². The van der Waals surface area contributed by atoms with Gasteiger partial charge < -0.3 is 9.84 Å². The third-order valence-corrected chi connectivity index (χ3v) is 9.41. The summed E-state index contributed by atoms with van der Waals surface area (Å²) in [7, 11) is 0. The van der Waals surface area contributed by atoms with Crippen LogP contribution in [0.2, 0.25) is 0 Å². The average Bonchev–Trinajstić information content (AvgIpc) is 2.86. The highest BCUT2D eigenvalue weighted by Gasteiger charge is 2.66. The Morgan fingerprint density at radius 1 is 1.15 bits per heavy atom. The normalized spacial score (nSPS) is 50.5. The zero-order valence-electron chi connectivity index (χ0n) is 15.9. The van der Waals surface area contributed by atoms with Gasteiger partial charge in [-0.2, -0.15) is 0 Å². The molecule has 0 aromatic carbocycles. The van der Waals surface area contributed by atoms with E-state index in [0.717, 1.165) is 51.4 Å². The molecule has 0 radical (unpaired) electrons. The predicted molar refractivity (Wildman–Crippen MR) is 102 cm³/mol. The van der Waals surface area contributed by atoms with Crippen molar-refractivity contribution >= 4 is 27.7 Å². The van der Waals surface area contributed by atoms with Gasteiger partial charge in [0.25, 0.3) is 0 Å². The van der Waals surface area contributed by atoms with Gasteiger partial charge in [0.1, 0.15) is 11.1 Å². The Hall–Kier alpha value is -0.420. The van der Waals surface area contributed by atoms with Crippen molar-refractivity contribution in [3.05, 3.63) is 0 Å². The summed E-state index contributed by atoms with van der Waals surface area (Å²) in [6.07, 6.45) is 8.30. The fourth-order valence-electron chi connectivity index (χ4n) is 7.40. The van der Waals surface area contributed by atoms with Crippen LogP contribution in [0.1, 0.15) is 71.6 Å². The molecule has 0 spiro atoms. The van der Waals surface area contributed by atoms with Crippen molar-refractivity contribution in [1.82, 2.24) is 0 Å². The summed E-state index contributed by atoms with van der Waals surface area (Å²) in [4.78, 5) is 23.9. The monoisotopic (exact) mass is 426 g/mol. The first-order chi connectivity index (χ1) is 12.2. The van der Waals surface area contributed by atoms with Crippen molar-refractivity contribution in [2.75, 3.05) is 5.33 Å². The molecule has 1 N–H and O–H groups in total. The molecule has 4 aliphatic carbocycles. The van der Waals surface area contributed by atoms with Crippen LogP contribution in [0.15, 0.2) is 0 Å². The number of Topliss-reactive ketones (excluding diaryl/α,β-unsaturated/α-hetero) is 1. The molecular weight excluding hydrogens is 396 g/mol. The molecule has 5 heteroatoms. The zero-order valence-corrected chi connectivity index (χ0v) is 17.5. The number of hydrogen-bond donors (Lipinski definition) is 1. The standard InChI is InChI=1S/C21H31BrO4/c1-19-8-5-14(23)11-13(19)3-4-15-16(19)6-9-20(2)17(15)7-10-21(20,25)26-18(24)12-22/h13,15-17,25H,3-12H2,1-2H3/t13-,15+,16-,17-,19-,20-,21+/m0/s1. The van der Waals surface area contributed by atoms with E-state index in [9.17, 15) is 14.7 Å². The number of hydrogen-bond acceptors (Lipinski definition) is 4. The second-order valence-electron chi connectivity index (χ2n) is 9.79. The van der Waals surface area contributed by atoms with Crippen LogP contribution in [-0.4, -0.2) is 28.0 Å². The Morgan fingerprint density at radius 3 is 2.62 bits per heavy atom. The molecule has 0 unspecified atom stereocenters. The molecule has 7 atom stereocenters. The molecule has 0 aromatic rings. The predicted octanol–water partition coefficient (Wildman–Crippen LogP) is 4.22. The van der Waals surface area contributed by atoms with E-state index in [1.807, 2.05) is 0 Å². The van der Waals surface area contributed by atoms with Gasteiger partial charge in [0, 0.05) is 24.7 Å². The van der Waals surface area contributed by atoms with Gasteiger partial charge >= 0.3 is 5.97 Å². The SMILES string of the molecule is C[C@]12CCC(=O)C[C@@H]1CC[C@@H]1[C@@H]2CC[C@@]2(C)[C@H]1CC[C@@]2(O)OC(=O)CBr.